The average molecular weight is 508 g/mol. The number of aliphatic hydroxyl groups excluding tert-OH is 2. The Morgan fingerprint density at radius 2 is 1.04 bits per heavy atom. The Kier molecular flexibility index (Phi) is 25.9. The molecule has 0 bridgehead atoms. The zero-order valence-corrected chi connectivity index (χ0v) is 15.2. The molecule has 0 aliphatic heterocycles. The van der Waals surface area contributed by atoms with Gasteiger partial charge >= 0.3 is 0 Å². The van der Waals surface area contributed by atoms with E-state index < -0.39 is 0 Å². The largest absolute Gasteiger partial charge is 0.545 e. The molecule has 0 unspecified atom stereocenters. The van der Waals surface area contributed by atoms with Gasteiger partial charge in [-0.25, -0.2) is 0 Å². The molecular weight excluding hydrogens is 490 g/mol. The SMILES string of the molecule is O.OCc1ccnc(-c2cc(CO)ccn2)c1.[CH-]=O.[CH-]=O.[CH-]=O.[Re]. The summed E-state index contributed by atoms with van der Waals surface area (Å²) in [6.45, 7) is 9.71. The van der Waals surface area contributed by atoms with Crippen LogP contribution < -0.4 is 0 Å². The minimum absolute atomic E-state index is 0. The Labute approximate surface area is 153 Å². The summed E-state index contributed by atoms with van der Waals surface area (Å²) in [6, 6.07) is 7.06. The summed E-state index contributed by atoms with van der Waals surface area (Å²) >= 11 is 0. The number of pyridine rings is 2. The molecule has 2 aromatic heterocycles. The van der Waals surface area contributed by atoms with E-state index in [-0.39, 0.29) is 39.1 Å². The minimum Gasteiger partial charge on any atom is -0.545 e. The zero-order valence-electron chi connectivity index (χ0n) is 12.5. The Balaban J connectivity index is -0.000000226. The zero-order chi connectivity index (χ0) is 17.4. The molecule has 0 aromatic carbocycles. The fourth-order valence-corrected chi connectivity index (χ4v) is 1.43. The molecule has 0 aliphatic carbocycles. The van der Waals surface area contributed by atoms with Crippen LogP contribution in [0.2, 0.25) is 0 Å². The van der Waals surface area contributed by atoms with E-state index in [1.54, 1.807) is 36.7 Å². The van der Waals surface area contributed by atoms with Crippen LogP contribution in [-0.4, -0.2) is 46.0 Å². The summed E-state index contributed by atoms with van der Waals surface area (Å²) in [5.41, 5.74) is 2.98. The van der Waals surface area contributed by atoms with Gasteiger partial charge in [0, 0.05) is 32.8 Å². The van der Waals surface area contributed by atoms with Gasteiger partial charge in [-0.05, 0) is 35.4 Å². The molecule has 24 heavy (non-hydrogen) atoms. The Morgan fingerprint density at radius 3 is 1.29 bits per heavy atom. The molecule has 2 rings (SSSR count). The van der Waals surface area contributed by atoms with Gasteiger partial charge in [-0.3, -0.25) is 30.3 Å². The van der Waals surface area contributed by atoms with Crippen molar-refractivity contribution >= 4 is 20.4 Å². The van der Waals surface area contributed by atoms with Gasteiger partial charge in [0.15, 0.2) is 0 Å². The van der Waals surface area contributed by atoms with Crippen LogP contribution in [0.5, 0.6) is 0 Å². The van der Waals surface area contributed by atoms with Crippen molar-refractivity contribution in [3.63, 3.8) is 0 Å². The number of aliphatic hydroxyl groups is 2. The van der Waals surface area contributed by atoms with Crippen molar-refractivity contribution in [3.8, 4) is 11.4 Å². The van der Waals surface area contributed by atoms with Crippen molar-refractivity contribution in [2.75, 3.05) is 0 Å². The van der Waals surface area contributed by atoms with E-state index in [4.69, 9.17) is 24.6 Å². The van der Waals surface area contributed by atoms with Crippen molar-refractivity contribution in [1.29, 1.82) is 0 Å². The van der Waals surface area contributed by atoms with E-state index in [2.05, 4.69) is 30.3 Å². The third-order valence-electron chi connectivity index (χ3n) is 2.28. The van der Waals surface area contributed by atoms with Crippen LogP contribution in [0.1, 0.15) is 11.1 Å². The summed E-state index contributed by atoms with van der Waals surface area (Å²) in [7, 11) is 0. The van der Waals surface area contributed by atoms with Crippen LogP contribution in [0, 0.1) is 0 Å². The standard InChI is InChI=1S/C12H12N2O2.3CHO.H2O.Re/c15-7-9-1-3-13-11(5-9)12-6-10(8-16)2-4-14-12;3*1-2;;/h1-6,15-16H,7-8H2;3*1H;1H2;/q;3*-1;;. The molecule has 0 amide bonds. The molecular formula is C15H17N2O6Re-3. The first kappa shape index (κ1) is 29.8. The van der Waals surface area contributed by atoms with Gasteiger partial charge in [0.2, 0.25) is 0 Å². The maximum atomic E-state index is 9.02. The molecule has 0 fully saturated rings. The van der Waals surface area contributed by atoms with Gasteiger partial charge in [-0.15, -0.1) is 0 Å². The van der Waals surface area contributed by atoms with E-state index in [1.807, 2.05) is 0 Å². The second kappa shape index (κ2) is 20.9. The molecule has 0 spiro atoms. The van der Waals surface area contributed by atoms with Crippen molar-refractivity contribution in [2.24, 2.45) is 0 Å². The van der Waals surface area contributed by atoms with Gasteiger partial charge in [-0.2, -0.15) is 0 Å². The number of hydrogen-bond donors (Lipinski definition) is 2. The maximum absolute atomic E-state index is 9.02. The molecule has 2 heterocycles. The van der Waals surface area contributed by atoms with E-state index in [1.165, 1.54) is 0 Å². The topological polar surface area (TPSA) is 149 Å². The predicted octanol–water partition coefficient (Wildman–Crippen LogP) is -0.521. The summed E-state index contributed by atoms with van der Waals surface area (Å²) in [4.78, 5) is 31.6. The molecule has 0 saturated heterocycles. The van der Waals surface area contributed by atoms with Gasteiger partial charge in [0.05, 0.1) is 24.6 Å². The number of aromatic nitrogens is 2. The molecule has 0 saturated carbocycles. The van der Waals surface area contributed by atoms with Crippen LogP contribution in [0.15, 0.2) is 36.7 Å². The van der Waals surface area contributed by atoms with E-state index >= 15 is 0 Å². The van der Waals surface area contributed by atoms with Gasteiger partial charge in [0.1, 0.15) is 0 Å². The molecule has 0 atom stereocenters. The Morgan fingerprint density at radius 1 is 0.750 bits per heavy atom. The molecule has 8 nitrogen and oxygen atoms in total. The monoisotopic (exact) mass is 508 g/mol. The van der Waals surface area contributed by atoms with Crippen molar-refractivity contribution in [2.45, 2.75) is 13.2 Å². The third-order valence-corrected chi connectivity index (χ3v) is 2.28. The number of nitrogens with zero attached hydrogens (tertiary/aromatic N) is 2. The summed E-state index contributed by atoms with van der Waals surface area (Å²) in [5, 5.41) is 18.0. The van der Waals surface area contributed by atoms with E-state index in [0.29, 0.717) is 11.4 Å². The van der Waals surface area contributed by atoms with Crippen LogP contribution in [0.25, 0.3) is 11.4 Å². The number of hydrogen-bond acceptors (Lipinski definition) is 7. The molecule has 1 radical (unpaired) electrons. The van der Waals surface area contributed by atoms with Gasteiger partial charge in [0.25, 0.3) is 0 Å². The quantitative estimate of drug-likeness (QED) is 0.419. The smallest absolute Gasteiger partial charge is 0.0889 e. The summed E-state index contributed by atoms with van der Waals surface area (Å²) in [5.74, 6) is 0. The molecule has 4 N–H and O–H groups in total. The Hall–Kier alpha value is -2.15. The van der Waals surface area contributed by atoms with Crippen LogP contribution in [-0.2, 0) is 48.0 Å². The molecule has 0 aliphatic rings. The van der Waals surface area contributed by atoms with Crippen molar-refractivity contribution < 1.29 is 50.5 Å². The molecule has 2 aromatic rings. The van der Waals surface area contributed by atoms with Crippen LogP contribution in [0.4, 0.5) is 0 Å². The predicted molar refractivity (Wildman–Crippen MR) is 83.2 cm³/mol. The summed E-state index contributed by atoms with van der Waals surface area (Å²) in [6.07, 6.45) is 3.27. The van der Waals surface area contributed by atoms with Crippen molar-refractivity contribution in [3.05, 3.63) is 47.8 Å². The van der Waals surface area contributed by atoms with Gasteiger partial charge < -0.3 is 30.1 Å². The van der Waals surface area contributed by atoms with Gasteiger partial charge in [-0.1, -0.05) is 0 Å². The first-order valence-electron chi connectivity index (χ1n) is 5.66. The number of rotatable bonds is 3. The Bertz CT molecular complexity index is 495. The maximum Gasteiger partial charge on any atom is 0.0889 e. The molecule has 133 valence electrons. The first-order chi connectivity index (χ1) is 10.8. The van der Waals surface area contributed by atoms with Crippen molar-refractivity contribution in [1.82, 2.24) is 9.97 Å². The van der Waals surface area contributed by atoms with Crippen LogP contribution >= 0.6 is 0 Å². The number of carbonyl (C=O) groups excluding carboxylic acids is 3. The molecule has 9 heteroatoms. The second-order valence-electron chi connectivity index (χ2n) is 3.41. The average Bonchev–Trinajstić information content (AvgIpc) is 2.66. The van der Waals surface area contributed by atoms with E-state index in [9.17, 15) is 0 Å². The van der Waals surface area contributed by atoms with E-state index in [0.717, 1.165) is 11.1 Å². The summed E-state index contributed by atoms with van der Waals surface area (Å²) < 4.78 is 0. The van der Waals surface area contributed by atoms with Crippen LogP contribution in [0.3, 0.4) is 0 Å². The fourth-order valence-electron chi connectivity index (χ4n) is 1.43. The first-order valence-corrected chi connectivity index (χ1v) is 5.66. The minimum atomic E-state index is -0.0186. The fraction of sp³-hybridized carbons (Fsp3) is 0.133. The third kappa shape index (κ3) is 10.6. The normalized spacial score (nSPS) is 7.42. The second-order valence-corrected chi connectivity index (χ2v) is 3.41.